The highest BCUT2D eigenvalue weighted by molar-refractivity contribution is 5.87. The Hall–Kier alpha value is -1.78. The molecule has 1 heterocycles. The number of hydrogen-bond acceptors (Lipinski definition) is 3. The Balaban J connectivity index is 2.26. The summed E-state index contributed by atoms with van der Waals surface area (Å²) in [6.07, 6.45) is 2.83. The van der Waals surface area contributed by atoms with Gasteiger partial charge in [0.05, 0.1) is 12.8 Å². The maximum atomic E-state index is 11.7. The van der Waals surface area contributed by atoms with Gasteiger partial charge in [0.25, 0.3) is 0 Å². The summed E-state index contributed by atoms with van der Waals surface area (Å²) in [5.41, 5.74) is 0. The van der Waals surface area contributed by atoms with Crippen molar-refractivity contribution in [1.29, 1.82) is 0 Å². The fourth-order valence-electron chi connectivity index (χ4n) is 1.54. The van der Waals surface area contributed by atoms with E-state index in [1.165, 1.54) is 0 Å². The quantitative estimate of drug-likeness (QED) is 0.791. The fourth-order valence-corrected chi connectivity index (χ4v) is 1.54. The van der Waals surface area contributed by atoms with Crippen LogP contribution in [0.25, 0.3) is 0 Å². The molecule has 0 saturated carbocycles. The number of amides is 2. The second-order valence-electron chi connectivity index (χ2n) is 5.02. The van der Waals surface area contributed by atoms with Gasteiger partial charge in [-0.2, -0.15) is 0 Å². The number of carbonyl (C=O) groups excluding carboxylic acids is 2. The predicted molar refractivity (Wildman–Crippen MR) is 72.2 cm³/mol. The summed E-state index contributed by atoms with van der Waals surface area (Å²) >= 11 is 0. The highest BCUT2D eigenvalue weighted by Crippen LogP contribution is 2.03. The molecule has 0 radical (unpaired) electrons. The molecule has 106 valence electrons. The van der Waals surface area contributed by atoms with Crippen LogP contribution < -0.4 is 10.6 Å². The monoisotopic (exact) mass is 266 g/mol. The average Bonchev–Trinajstić information content (AvgIpc) is 2.86. The van der Waals surface area contributed by atoms with E-state index in [1.54, 1.807) is 25.3 Å². The maximum Gasteiger partial charge on any atom is 0.242 e. The van der Waals surface area contributed by atoms with Crippen molar-refractivity contribution < 1.29 is 14.0 Å². The molecule has 0 saturated heterocycles. The lowest BCUT2D eigenvalue weighted by Crippen LogP contribution is -2.44. The van der Waals surface area contributed by atoms with E-state index >= 15 is 0 Å². The van der Waals surface area contributed by atoms with Crippen LogP contribution in [0.1, 0.15) is 39.4 Å². The van der Waals surface area contributed by atoms with Gasteiger partial charge in [0.15, 0.2) is 0 Å². The molecule has 5 heteroatoms. The molecular weight excluding hydrogens is 244 g/mol. The third-order valence-corrected chi connectivity index (χ3v) is 2.74. The summed E-state index contributed by atoms with van der Waals surface area (Å²) in [5.74, 6) is 0.865. The van der Waals surface area contributed by atoms with Crippen LogP contribution in [0.3, 0.4) is 0 Å². The third kappa shape index (κ3) is 6.08. The molecule has 1 aromatic rings. The van der Waals surface area contributed by atoms with Crippen LogP contribution in [0.2, 0.25) is 0 Å². The molecule has 1 rings (SSSR count). The van der Waals surface area contributed by atoms with Gasteiger partial charge in [-0.25, -0.2) is 0 Å². The van der Waals surface area contributed by atoms with Crippen LogP contribution in [0.4, 0.5) is 0 Å². The number of rotatable bonds is 7. The highest BCUT2D eigenvalue weighted by atomic mass is 16.3. The Morgan fingerprint density at radius 2 is 2.05 bits per heavy atom. The molecule has 0 aliphatic rings. The van der Waals surface area contributed by atoms with Gasteiger partial charge in [0, 0.05) is 6.42 Å². The summed E-state index contributed by atoms with van der Waals surface area (Å²) in [7, 11) is 0. The van der Waals surface area contributed by atoms with E-state index in [-0.39, 0.29) is 11.8 Å². The molecule has 0 aliphatic carbocycles. The highest BCUT2D eigenvalue weighted by Gasteiger charge is 2.15. The number of hydrogen-bond donors (Lipinski definition) is 2. The van der Waals surface area contributed by atoms with E-state index in [0.717, 1.165) is 6.42 Å². The summed E-state index contributed by atoms with van der Waals surface area (Å²) in [4.78, 5) is 23.3. The first-order valence-corrected chi connectivity index (χ1v) is 6.58. The van der Waals surface area contributed by atoms with Gasteiger partial charge in [-0.15, -0.1) is 0 Å². The molecule has 19 heavy (non-hydrogen) atoms. The maximum absolute atomic E-state index is 11.7. The Morgan fingerprint density at radius 1 is 1.32 bits per heavy atom. The van der Waals surface area contributed by atoms with Crippen molar-refractivity contribution in [3.05, 3.63) is 24.2 Å². The lowest BCUT2D eigenvalue weighted by atomic mass is 10.1. The van der Waals surface area contributed by atoms with Gasteiger partial charge in [-0.05, 0) is 31.4 Å². The van der Waals surface area contributed by atoms with Crippen LogP contribution in [0.5, 0.6) is 0 Å². The summed E-state index contributed by atoms with van der Waals surface area (Å²) in [5, 5.41) is 5.39. The fraction of sp³-hybridized carbons (Fsp3) is 0.571. The van der Waals surface area contributed by atoms with Gasteiger partial charge >= 0.3 is 0 Å². The molecular formula is C14H22N2O3. The van der Waals surface area contributed by atoms with E-state index in [9.17, 15) is 9.59 Å². The molecule has 0 fully saturated rings. The molecule has 0 aliphatic heterocycles. The molecule has 0 spiro atoms. The molecule has 0 aromatic carbocycles. The van der Waals surface area contributed by atoms with Crippen LogP contribution in [-0.4, -0.2) is 17.9 Å². The van der Waals surface area contributed by atoms with Gasteiger partial charge in [-0.1, -0.05) is 13.8 Å². The zero-order valence-corrected chi connectivity index (χ0v) is 11.7. The molecule has 1 unspecified atom stereocenters. The summed E-state index contributed by atoms with van der Waals surface area (Å²) in [6, 6.07) is 3.01. The minimum absolute atomic E-state index is 0.0886. The lowest BCUT2D eigenvalue weighted by Gasteiger charge is -2.14. The topological polar surface area (TPSA) is 71.3 Å². The first-order valence-electron chi connectivity index (χ1n) is 6.58. The van der Waals surface area contributed by atoms with Gasteiger partial charge in [0.2, 0.25) is 11.8 Å². The van der Waals surface area contributed by atoms with Gasteiger partial charge < -0.3 is 15.1 Å². The SMILES string of the molecule is CC(C)CCC(=O)NC(C)C(=O)NCc1ccco1. The van der Waals surface area contributed by atoms with E-state index in [1.807, 2.05) is 0 Å². The second kappa shape index (κ2) is 7.61. The van der Waals surface area contributed by atoms with E-state index in [2.05, 4.69) is 24.5 Å². The predicted octanol–water partition coefficient (Wildman–Crippen LogP) is 1.84. The largest absolute Gasteiger partial charge is 0.467 e. The Kier molecular flexibility index (Phi) is 6.12. The standard InChI is InChI=1S/C14H22N2O3/c1-10(2)6-7-13(17)16-11(3)14(18)15-9-12-5-4-8-19-12/h4-5,8,10-11H,6-7,9H2,1-3H3,(H,15,18)(H,16,17). The van der Waals surface area contributed by atoms with Crippen molar-refractivity contribution >= 4 is 11.8 Å². The average molecular weight is 266 g/mol. The summed E-state index contributed by atoms with van der Waals surface area (Å²) < 4.78 is 5.11. The summed E-state index contributed by atoms with van der Waals surface area (Å²) in [6.45, 7) is 6.13. The smallest absolute Gasteiger partial charge is 0.242 e. The second-order valence-corrected chi connectivity index (χ2v) is 5.02. The Labute approximate surface area is 113 Å². The van der Waals surface area contributed by atoms with Crippen molar-refractivity contribution in [3.63, 3.8) is 0 Å². The lowest BCUT2D eigenvalue weighted by molar-refractivity contribution is -0.128. The van der Waals surface area contributed by atoms with E-state index in [0.29, 0.717) is 24.6 Å². The zero-order valence-electron chi connectivity index (χ0n) is 11.7. The Morgan fingerprint density at radius 3 is 2.63 bits per heavy atom. The normalized spacial score (nSPS) is 12.2. The van der Waals surface area contributed by atoms with Crippen LogP contribution in [0, 0.1) is 5.92 Å². The van der Waals surface area contributed by atoms with Crippen molar-refractivity contribution in [1.82, 2.24) is 10.6 Å². The van der Waals surface area contributed by atoms with E-state index in [4.69, 9.17) is 4.42 Å². The van der Waals surface area contributed by atoms with Crippen molar-refractivity contribution in [2.24, 2.45) is 5.92 Å². The number of nitrogens with one attached hydrogen (secondary N) is 2. The van der Waals surface area contributed by atoms with E-state index < -0.39 is 6.04 Å². The van der Waals surface area contributed by atoms with Gasteiger partial charge in [-0.3, -0.25) is 9.59 Å². The molecule has 5 nitrogen and oxygen atoms in total. The van der Waals surface area contributed by atoms with Crippen LogP contribution in [0.15, 0.2) is 22.8 Å². The third-order valence-electron chi connectivity index (χ3n) is 2.74. The zero-order chi connectivity index (χ0) is 14.3. The number of furan rings is 1. The minimum atomic E-state index is -0.533. The minimum Gasteiger partial charge on any atom is -0.467 e. The van der Waals surface area contributed by atoms with Crippen molar-refractivity contribution in [3.8, 4) is 0 Å². The van der Waals surface area contributed by atoms with Gasteiger partial charge in [0.1, 0.15) is 11.8 Å². The van der Waals surface area contributed by atoms with Crippen LogP contribution >= 0.6 is 0 Å². The first-order chi connectivity index (χ1) is 8.99. The van der Waals surface area contributed by atoms with Crippen molar-refractivity contribution in [2.45, 2.75) is 46.2 Å². The molecule has 2 N–H and O–H groups in total. The van der Waals surface area contributed by atoms with Crippen LogP contribution in [-0.2, 0) is 16.1 Å². The first kappa shape index (κ1) is 15.3. The Bertz CT molecular complexity index is 399. The molecule has 2 amide bonds. The number of carbonyl (C=O) groups is 2. The van der Waals surface area contributed by atoms with Crippen molar-refractivity contribution in [2.75, 3.05) is 0 Å². The molecule has 1 aromatic heterocycles. The molecule has 0 bridgehead atoms. The molecule has 1 atom stereocenters.